The van der Waals surface area contributed by atoms with E-state index < -0.39 is 0 Å². The number of carbonyl (C=O) groups is 1. The molecule has 0 heterocycles. The van der Waals surface area contributed by atoms with Crippen molar-refractivity contribution < 1.29 is 4.79 Å². The Morgan fingerprint density at radius 1 is 1.40 bits per heavy atom. The molecular formula is C11H13N3O. The quantitative estimate of drug-likeness (QED) is 0.577. The van der Waals surface area contributed by atoms with Crippen LogP contribution < -0.4 is 11.1 Å². The normalized spacial score (nSPS) is 11.7. The maximum absolute atomic E-state index is 11.6. The molecule has 4 heteroatoms. The fourth-order valence-electron chi connectivity index (χ4n) is 1.03. The van der Waals surface area contributed by atoms with Gasteiger partial charge in [-0.2, -0.15) is 0 Å². The molecule has 78 valence electrons. The number of hydrogen-bond acceptors (Lipinski definition) is 3. The third kappa shape index (κ3) is 3.27. The average molecular weight is 203 g/mol. The van der Waals surface area contributed by atoms with E-state index in [4.69, 9.17) is 5.73 Å². The minimum Gasteiger partial charge on any atom is -0.403 e. The van der Waals surface area contributed by atoms with Crippen LogP contribution in [0.3, 0.4) is 0 Å². The van der Waals surface area contributed by atoms with E-state index >= 15 is 0 Å². The highest BCUT2D eigenvalue weighted by molar-refractivity contribution is 6.04. The van der Waals surface area contributed by atoms with E-state index in [9.17, 15) is 4.79 Å². The van der Waals surface area contributed by atoms with Crippen LogP contribution in [-0.4, -0.2) is 12.1 Å². The van der Waals surface area contributed by atoms with Crippen LogP contribution in [0.2, 0.25) is 0 Å². The number of nitrogens with one attached hydrogen (secondary N) is 1. The van der Waals surface area contributed by atoms with Crippen molar-refractivity contribution in [1.82, 2.24) is 0 Å². The second kappa shape index (κ2) is 5.59. The number of benzene rings is 1. The summed E-state index contributed by atoms with van der Waals surface area (Å²) in [5.74, 6) is -0.318. The molecule has 0 saturated carbocycles. The molecule has 0 aliphatic heterocycles. The van der Waals surface area contributed by atoms with Gasteiger partial charge in [-0.05, 0) is 19.1 Å². The molecule has 3 N–H and O–H groups in total. The molecule has 0 fully saturated rings. The maximum atomic E-state index is 11.6. The second-order valence-electron chi connectivity index (χ2n) is 2.76. The van der Waals surface area contributed by atoms with Gasteiger partial charge in [-0.1, -0.05) is 18.2 Å². The van der Waals surface area contributed by atoms with Crippen LogP contribution in [0.4, 0.5) is 5.69 Å². The SMILES string of the molecule is CC=N/C(=C\N)C(=O)Nc1ccccc1. The van der Waals surface area contributed by atoms with E-state index in [0.717, 1.165) is 0 Å². The fourth-order valence-corrected chi connectivity index (χ4v) is 1.03. The van der Waals surface area contributed by atoms with Gasteiger partial charge in [0.2, 0.25) is 0 Å². The molecule has 0 aliphatic rings. The lowest BCUT2D eigenvalue weighted by Gasteiger charge is -2.03. The van der Waals surface area contributed by atoms with Gasteiger partial charge in [0, 0.05) is 18.1 Å². The first-order valence-corrected chi connectivity index (χ1v) is 4.55. The van der Waals surface area contributed by atoms with Crippen molar-refractivity contribution >= 4 is 17.8 Å². The zero-order valence-electron chi connectivity index (χ0n) is 8.47. The summed E-state index contributed by atoms with van der Waals surface area (Å²) in [6.45, 7) is 1.72. The topological polar surface area (TPSA) is 67.5 Å². The summed E-state index contributed by atoms with van der Waals surface area (Å²) in [6.07, 6.45) is 2.70. The predicted octanol–water partition coefficient (Wildman–Crippen LogP) is 1.52. The third-order valence-corrected chi connectivity index (χ3v) is 1.69. The van der Waals surface area contributed by atoms with E-state index in [1.165, 1.54) is 12.4 Å². The van der Waals surface area contributed by atoms with Crippen LogP contribution >= 0.6 is 0 Å². The minimum absolute atomic E-state index is 0.196. The average Bonchev–Trinajstić information content (AvgIpc) is 2.27. The zero-order chi connectivity index (χ0) is 11.1. The van der Waals surface area contributed by atoms with Gasteiger partial charge in [0.25, 0.3) is 5.91 Å². The fraction of sp³-hybridized carbons (Fsp3) is 0.0909. The smallest absolute Gasteiger partial charge is 0.275 e. The van der Waals surface area contributed by atoms with Crippen molar-refractivity contribution in [3.05, 3.63) is 42.2 Å². The highest BCUT2D eigenvalue weighted by atomic mass is 16.2. The van der Waals surface area contributed by atoms with Crippen molar-refractivity contribution in [2.45, 2.75) is 6.92 Å². The lowest BCUT2D eigenvalue weighted by molar-refractivity contribution is -0.112. The van der Waals surface area contributed by atoms with Gasteiger partial charge in [0.15, 0.2) is 0 Å². The Kier molecular flexibility index (Phi) is 4.09. The maximum Gasteiger partial charge on any atom is 0.275 e. The van der Waals surface area contributed by atoms with E-state index in [1.54, 1.807) is 19.1 Å². The molecule has 0 saturated heterocycles. The first-order valence-electron chi connectivity index (χ1n) is 4.55. The van der Waals surface area contributed by atoms with Crippen LogP contribution in [0, 0.1) is 0 Å². The van der Waals surface area contributed by atoms with Gasteiger partial charge >= 0.3 is 0 Å². The first-order chi connectivity index (χ1) is 7.27. The number of aliphatic imine (C=N–C) groups is 1. The van der Waals surface area contributed by atoms with Gasteiger partial charge in [0.05, 0.1) is 0 Å². The molecule has 0 radical (unpaired) electrons. The van der Waals surface area contributed by atoms with Gasteiger partial charge in [0.1, 0.15) is 5.70 Å². The Hall–Kier alpha value is -2.10. The Morgan fingerprint density at radius 2 is 2.07 bits per heavy atom. The zero-order valence-corrected chi connectivity index (χ0v) is 8.47. The summed E-state index contributed by atoms with van der Waals surface area (Å²) in [5.41, 5.74) is 6.19. The van der Waals surface area contributed by atoms with Crippen molar-refractivity contribution in [2.75, 3.05) is 5.32 Å². The molecule has 4 nitrogen and oxygen atoms in total. The molecule has 0 aromatic heterocycles. The lowest BCUT2D eigenvalue weighted by Crippen LogP contribution is -2.14. The van der Waals surface area contributed by atoms with E-state index in [2.05, 4.69) is 10.3 Å². The van der Waals surface area contributed by atoms with Crippen LogP contribution in [0.15, 0.2) is 47.2 Å². The largest absolute Gasteiger partial charge is 0.403 e. The van der Waals surface area contributed by atoms with Crippen LogP contribution in [-0.2, 0) is 4.79 Å². The number of nitrogens with two attached hydrogens (primary N) is 1. The number of anilines is 1. The molecule has 0 aliphatic carbocycles. The number of carbonyl (C=O) groups excluding carboxylic acids is 1. The molecule has 1 amide bonds. The van der Waals surface area contributed by atoms with Crippen molar-refractivity contribution in [3.63, 3.8) is 0 Å². The second-order valence-corrected chi connectivity index (χ2v) is 2.76. The molecule has 15 heavy (non-hydrogen) atoms. The lowest BCUT2D eigenvalue weighted by atomic mass is 10.3. The Labute approximate surface area is 88.5 Å². The molecule has 0 atom stereocenters. The minimum atomic E-state index is -0.318. The van der Waals surface area contributed by atoms with Gasteiger partial charge < -0.3 is 11.1 Å². The monoisotopic (exact) mass is 203 g/mol. The number of amides is 1. The van der Waals surface area contributed by atoms with Gasteiger partial charge in [-0.25, -0.2) is 0 Å². The molecular weight excluding hydrogens is 190 g/mol. The molecule has 0 spiro atoms. The Balaban J connectivity index is 2.71. The number of hydrogen-bond donors (Lipinski definition) is 2. The Morgan fingerprint density at radius 3 is 2.60 bits per heavy atom. The van der Waals surface area contributed by atoms with Crippen LogP contribution in [0.1, 0.15) is 6.92 Å². The number of rotatable bonds is 3. The van der Waals surface area contributed by atoms with Crippen LogP contribution in [0.5, 0.6) is 0 Å². The highest BCUT2D eigenvalue weighted by Gasteiger charge is 2.06. The van der Waals surface area contributed by atoms with E-state index in [0.29, 0.717) is 5.69 Å². The highest BCUT2D eigenvalue weighted by Crippen LogP contribution is 2.07. The summed E-state index contributed by atoms with van der Waals surface area (Å²) >= 11 is 0. The standard InChI is InChI=1S/C11H13N3O/c1-2-13-10(8-12)11(15)14-9-6-4-3-5-7-9/h2-8H,12H2,1H3,(H,14,15)/b10-8-,13-2?. The third-order valence-electron chi connectivity index (χ3n) is 1.69. The molecule has 0 unspecified atom stereocenters. The van der Waals surface area contributed by atoms with E-state index in [-0.39, 0.29) is 11.6 Å². The molecule has 1 aromatic carbocycles. The number of nitrogens with zero attached hydrogens (tertiary/aromatic N) is 1. The summed E-state index contributed by atoms with van der Waals surface area (Å²) < 4.78 is 0. The summed E-state index contributed by atoms with van der Waals surface area (Å²) in [4.78, 5) is 15.4. The summed E-state index contributed by atoms with van der Waals surface area (Å²) in [5, 5.41) is 2.68. The van der Waals surface area contributed by atoms with Crippen molar-refractivity contribution in [3.8, 4) is 0 Å². The van der Waals surface area contributed by atoms with Gasteiger partial charge in [-0.15, -0.1) is 0 Å². The summed E-state index contributed by atoms with van der Waals surface area (Å²) in [6, 6.07) is 9.14. The number of para-hydroxylation sites is 1. The molecule has 1 aromatic rings. The van der Waals surface area contributed by atoms with Crippen LogP contribution in [0.25, 0.3) is 0 Å². The van der Waals surface area contributed by atoms with Gasteiger partial charge in [-0.3, -0.25) is 9.79 Å². The summed E-state index contributed by atoms with van der Waals surface area (Å²) in [7, 11) is 0. The van der Waals surface area contributed by atoms with Crippen molar-refractivity contribution in [2.24, 2.45) is 10.7 Å². The Bertz CT molecular complexity index is 382. The molecule has 1 rings (SSSR count). The van der Waals surface area contributed by atoms with E-state index in [1.807, 2.05) is 18.2 Å². The predicted molar refractivity (Wildman–Crippen MR) is 61.5 cm³/mol. The first kappa shape index (κ1) is 11.0. The molecule has 0 bridgehead atoms. The van der Waals surface area contributed by atoms with Crippen molar-refractivity contribution in [1.29, 1.82) is 0 Å².